The van der Waals surface area contributed by atoms with E-state index >= 15 is 0 Å². The van der Waals surface area contributed by atoms with E-state index in [1.165, 1.54) is 0 Å². The highest BCUT2D eigenvalue weighted by atomic mass is 16.5. The first-order valence-electron chi connectivity index (χ1n) is 9.18. The average Bonchev–Trinajstić information content (AvgIpc) is 3.28. The number of H-pyrrole nitrogens is 1. The summed E-state index contributed by atoms with van der Waals surface area (Å²) in [4.78, 5) is 35.8. The van der Waals surface area contributed by atoms with Crippen molar-refractivity contribution < 1.29 is 14.3 Å². The zero-order valence-electron chi connectivity index (χ0n) is 14.9. The normalized spacial score (nSPS) is 19.6. The molecule has 2 amide bonds. The molecule has 0 unspecified atom stereocenters. The molecule has 2 aliphatic rings. The van der Waals surface area contributed by atoms with Gasteiger partial charge in [0.15, 0.2) is 6.61 Å². The van der Waals surface area contributed by atoms with Crippen molar-refractivity contribution in [2.45, 2.75) is 44.1 Å². The molecule has 1 saturated carbocycles. The SMILES string of the molecule is NC(=O)COc1ccc([C@@H]2CC(=O)Nc3c2c(=O)[nH]n3C2CCCC2)cc1. The molecule has 1 atom stereocenters. The quantitative estimate of drug-likeness (QED) is 0.741. The van der Waals surface area contributed by atoms with Crippen LogP contribution in [0.2, 0.25) is 0 Å². The third kappa shape index (κ3) is 3.34. The van der Waals surface area contributed by atoms with E-state index in [-0.39, 0.29) is 36.5 Å². The molecule has 4 N–H and O–H groups in total. The predicted molar refractivity (Wildman–Crippen MR) is 98.8 cm³/mol. The molecule has 2 aromatic rings. The zero-order valence-corrected chi connectivity index (χ0v) is 14.9. The molecule has 0 bridgehead atoms. The van der Waals surface area contributed by atoms with Crippen molar-refractivity contribution in [1.82, 2.24) is 9.78 Å². The van der Waals surface area contributed by atoms with Crippen LogP contribution in [0.5, 0.6) is 5.75 Å². The van der Waals surface area contributed by atoms with Gasteiger partial charge in [-0.15, -0.1) is 0 Å². The Bertz CT molecular complexity index is 922. The maximum Gasteiger partial charge on any atom is 0.270 e. The molecular formula is C19H22N4O4. The lowest BCUT2D eigenvalue weighted by atomic mass is 9.87. The van der Waals surface area contributed by atoms with E-state index in [0.29, 0.717) is 17.1 Å². The van der Waals surface area contributed by atoms with Gasteiger partial charge in [0.05, 0.1) is 11.6 Å². The standard InChI is InChI=1S/C19H22N4O4/c20-15(24)10-27-13-7-5-11(6-8-13)14-9-16(25)21-18-17(14)19(26)22-23(18)12-3-1-2-4-12/h5-8,12,14H,1-4,9-10H2,(H2,20,24)(H,21,25)(H,22,26)/t14-/m0/s1. The summed E-state index contributed by atoms with van der Waals surface area (Å²) in [7, 11) is 0. The molecule has 0 radical (unpaired) electrons. The largest absolute Gasteiger partial charge is 0.484 e. The number of primary amides is 1. The van der Waals surface area contributed by atoms with E-state index in [2.05, 4.69) is 10.4 Å². The Morgan fingerprint density at radius 3 is 2.56 bits per heavy atom. The molecule has 0 saturated heterocycles. The first-order valence-corrected chi connectivity index (χ1v) is 9.18. The van der Waals surface area contributed by atoms with Crippen LogP contribution in [0.25, 0.3) is 0 Å². The Labute approximate surface area is 155 Å². The van der Waals surface area contributed by atoms with Crippen LogP contribution in [0.15, 0.2) is 29.1 Å². The lowest BCUT2D eigenvalue weighted by Crippen LogP contribution is -2.27. The van der Waals surface area contributed by atoms with Gasteiger partial charge in [0.2, 0.25) is 5.91 Å². The van der Waals surface area contributed by atoms with Crippen molar-refractivity contribution in [2.75, 3.05) is 11.9 Å². The molecule has 1 aliphatic heterocycles. The lowest BCUT2D eigenvalue weighted by molar-refractivity contribution is -0.120. The average molecular weight is 370 g/mol. The van der Waals surface area contributed by atoms with Crippen molar-refractivity contribution in [3.8, 4) is 5.75 Å². The number of carbonyl (C=O) groups is 2. The van der Waals surface area contributed by atoms with Gasteiger partial charge in [-0.1, -0.05) is 25.0 Å². The minimum atomic E-state index is -0.549. The summed E-state index contributed by atoms with van der Waals surface area (Å²) < 4.78 is 7.12. The summed E-state index contributed by atoms with van der Waals surface area (Å²) in [5.74, 6) is 0.141. The van der Waals surface area contributed by atoms with E-state index < -0.39 is 5.91 Å². The maximum atomic E-state index is 12.7. The number of nitrogens with one attached hydrogen (secondary N) is 2. The van der Waals surface area contributed by atoms with Crippen molar-refractivity contribution >= 4 is 17.6 Å². The summed E-state index contributed by atoms with van der Waals surface area (Å²) >= 11 is 0. The zero-order chi connectivity index (χ0) is 19.0. The van der Waals surface area contributed by atoms with Crippen LogP contribution in [0, 0.1) is 0 Å². The second-order valence-electron chi connectivity index (χ2n) is 7.14. The molecule has 0 spiro atoms. The van der Waals surface area contributed by atoms with Gasteiger partial charge in [-0.2, -0.15) is 0 Å². The van der Waals surface area contributed by atoms with E-state index in [4.69, 9.17) is 10.5 Å². The Morgan fingerprint density at radius 2 is 1.89 bits per heavy atom. The molecule has 4 rings (SSSR count). The second kappa shape index (κ2) is 6.94. The summed E-state index contributed by atoms with van der Waals surface area (Å²) in [6.45, 7) is -0.195. The van der Waals surface area contributed by atoms with Gasteiger partial charge >= 0.3 is 0 Å². The van der Waals surface area contributed by atoms with Gasteiger partial charge in [0.25, 0.3) is 11.5 Å². The summed E-state index contributed by atoms with van der Waals surface area (Å²) in [5.41, 5.74) is 6.38. The predicted octanol–water partition coefficient (Wildman–Crippen LogP) is 1.63. The Morgan fingerprint density at radius 1 is 1.19 bits per heavy atom. The molecular weight excluding hydrogens is 348 g/mol. The Balaban J connectivity index is 1.66. The number of aromatic amines is 1. The van der Waals surface area contributed by atoms with Crippen molar-refractivity contribution in [1.29, 1.82) is 0 Å². The minimum absolute atomic E-state index is 0.104. The van der Waals surface area contributed by atoms with Crippen LogP contribution in [0.4, 0.5) is 5.82 Å². The fraction of sp³-hybridized carbons (Fsp3) is 0.421. The molecule has 1 aromatic heterocycles. The second-order valence-corrected chi connectivity index (χ2v) is 7.14. The van der Waals surface area contributed by atoms with Crippen LogP contribution in [-0.2, 0) is 9.59 Å². The summed E-state index contributed by atoms with van der Waals surface area (Å²) in [5, 5.41) is 5.82. The number of anilines is 1. The topological polar surface area (TPSA) is 119 Å². The monoisotopic (exact) mass is 370 g/mol. The highest BCUT2D eigenvalue weighted by Crippen LogP contribution is 2.39. The molecule has 27 heavy (non-hydrogen) atoms. The maximum absolute atomic E-state index is 12.7. The van der Waals surface area contributed by atoms with E-state index in [9.17, 15) is 14.4 Å². The number of aromatic nitrogens is 2. The van der Waals surface area contributed by atoms with Crippen LogP contribution < -0.4 is 21.3 Å². The fourth-order valence-corrected chi connectivity index (χ4v) is 4.06. The molecule has 8 nitrogen and oxygen atoms in total. The number of nitrogens with zero attached hydrogens (tertiary/aromatic N) is 1. The van der Waals surface area contributed by atoms with Gasteiger partial charge in [-0.3, -0.25) is 24.2 Å². The van der Waals surface area contributed by atoms with Crippen molar-refractivity contribution in [2.24, 2.45) is 5.73 Å². The third-order valence-corrected chi connectivity index (χ3v) is 5.31. The number of fused-ring (bicyclic) bond motifs is 1. The Kier molecular flexibility index (Phi) is 4.47. The highest BCUT2D eigenvalue weighted by molar-refractivity contribution is 5.94. The van der Waals surface area contributed by atoms with Gasteiger partial charge in [0, 0.05) is 12.3 Å². The summed E-state index contributed by atoms with van der Waals surface area (Å²) in [6.07, 6.45) is 4.48. The van der Waals surface area contributed by atoms with Crippen molar-refractivity contribution in [3.05, 3.63) is 45.7 Å². The van der Waals surface area contributed by atoms with Gasteiger partial charge < -0.3 is 15.8 Å². The number of hydrogen-bond donors (Lipinski definition) is 3. The minimum Gasteiger partial charge on any atom is -0.484 e. The number of nitrogens with two attached hydrogens (primary N) is 1. The molecule has 142 valence electrons. The Hall–Kier alpha value is -3.03. The van der Waals surface area contributed by atoms with Gasteiger partial charge in [-0.05, 0) is 30.5 Å². The molecule has 8 heteroatoms. The number of amides is 2. The number of rotatable bonds is 5. The smallest absolute Gasteiger partial charge is 0.270 e. The van der Waals surface area contributed by atoms with Crippen LogP contribution >= 0.6 is 0 Å². The number of benzene rings is 1. The lowest BCUT2D eigenvalue weighted by Gasteiger charge is -2.25. The molecule has 1 fully saturated rings. The van der Waals surface area contributed by atoms with E-state index in [0.717, 1.165) is 31.2 Å². The molecule has 1 aromatic carbocycles. The van der Waals surface area contributed by atoms with Gasteiger partial charge in [0.1, 0.15) is 11.6 Å². The number of ether oxygens (including phenoxy) is 1. The number of carbonyl (C=O) groups excluding carboxylic acids is 2. The van der Waals surface area contributed by atoms with Crippen LogP contribution in [-0.4, -0.2) is 28.2 Å². The van der Waals surface area contributed by atoms with E-state index in [1.54, 1.807) is 12.1 Å². The van der Waals surface area contributed by atoms with Crippen LogP contribution in [0.3, 0.4) is 0 Å². The summed E-state index contributed by atoms with van der Waals surface area (Å²) in [6, 6.07) is 7.29. The third-order valence-electron chi connectivity index (χ3n) is 5.31. The number of hydrogen-bond acceptors (Lipinski definition) is 4. The molecule has 2 heterocycles. The first-order chi connectivity index (χ1) is 13.0. The van der Waals surface area contributed by atoms with Gasteiger partial charge in [-0.25, -0.2) is 0 Å². The first kappa shape index (κ1) is 17.4. The van der Waals surface area contributed by atoms with E-state index in [1.807, 2.05) is 16.8 Å². The van der Waals surface area contributed by atoms with Crippen LogP contribution in [0.1, 0.15) is 55.2 Å². The van der Waals surface area contributed by atoms with Crippen molar-refractivity contribution in [3.63, 3.8) is 0 Å². The molecule has 1 aliphatic carbocycles. The fourth-order valence-electron chi connectivity index (χ4n) is 4.06. The highest BCUT2D eigenvalue weighted by Gasteiger charge is 2.34.